The number of hydrogen-bond acceptors (Lipinski definition) is 4. The van der Waals surface area contributed by atoms with Crippen molar-refractivity contribution >= 4 is 40.2 Å². The van der Waals surface area contributed by atoms with Gasteiger partial charge in [0.25, 0.3) is 0 Å². The Hall–Kier alpha value is -2.34. The molecule has 6 heteroatoms. The molecular weight excluding hydrogens is 438 g/mol. The lowest BCUT2D eigenvalue weighted by atomic mass is 10.0. The van der Waals surface area contributed by atoms with Crippen LogP contribution in [0.1, 0.15) is 30.2 Å². The Morgan fingerprint density at radius 3 is 2.59 bits per heavy atom. The van der Waals surface area contributed by atoms with Gasteiger partial charge < -0.3 is 15.5 Å². The van der Waals surface area contributed by atoms with Crippen molar-refractivity contribution in [1.82, 2.24) is 5.32 Å². The molecule has 0 aliphatic carbocycles. The predicted octanol–water partition coefficient (Wildman–Crippen LogP) is 5.77. The molecule has 4 rings (SSSR count). The molecule has 1 saturated heterocycles. The number of halogens is 1. The molecule has 0 unspecified atom stereocenters. The summed E-state index contributed by atoms with van der Waals surface area (Å²) in [6, 6.07) is 21.0. The molecule has 2 aromatic carbocycles. The molecule has 1 aliphatic heterocycles. The van der Waals surface area contributed by atoms with Crippen LogP contribution in [-0.4, -0.2) is 31.1 Å². The first-order valence-electron chi connectivity index (χ1n) is 11.2. The van der Waals surface area contributed by atoms with Crippen molar-refractivity contribution in [2.24, 2.45) is 0 Å². The van der Waals surface area contributed by atoms with Crippen molar-refractivity contribution in [3.63, 3.8) is 0 Å². The van der Waals surface area contributed by atoms with E-state index in [0.717, 1.165) is 43.6 Å². The summed E-state index contributed by atoms with van der Waals surface area (Å²) in [5.41, 5.74) is 2.94. The van der Waals surface area contributed by atoms with E-state index in [0.29, 0.717) is 23.5 Å². The van der Waals surface area contributed by atoms with Gasteiger partial charge in [-0.1, -0.05) is 29.8 Å². The van der Waals surface area contributed by atoms with Crippen LogP contribution in [0.2, 0.25) is 5.02 Å². The summed E-state index contributed by atoms with van der Waals surface area (Å²) in [6.07, 6.45) is 3.70. The Kier molecular flexibility index (Phi) is 7.85. The Labute approximate surface area is 199 Å². The largest absolute Gasteiger partial charge is 0.371 e. The number of thiophene rings is 1. The third-order valence-corrected chi connectivity index (χ3v) is 7.01. The van der Waals surface area contributed by atoms with Gasteiger partial charge in [0.2, 0.25) is 5.91 Å². The van der Waals surface area contributed by atoms with Gasteiger partial charge in [0.05, 0.1) is 6.42 Å². The molecule has 2 heterocycles. The van der Waals surface area contributed by atoms with Gasteiger partial charge in [-0.05, 0) is 79.6 Å². The SMILES string of the molecule is C[C@H](Cc1cccs1)NC1CCN(c2ccc(NC(=O)Cc3cccc(Cl)c3)cc2)CC1. The molecule has 1 fully saturated rings. The van der Waals surface area contributed by atoms with E-state index >= 15 is 0 Å². The normalized spacial score (nSPS) is 15.5. The summed E-state index contributed by atoms with van der Waals surface area (Å²) in [5, 5.41) is 9.58. The fraction of sp³-hybridized carbons (Fsp3) is 0.346. The van der Waals surface area contributed by atoms with Crippen LogP contribution in [0.5, 0.6) is 0 Å². The molecule has 1 aromatic heterocycles. The van der Waals surface area contributed by atoms with Crippen molar-refractivity contribution in [3.05, 3.63) is 81.5 Å². The Bertz CT molecular complexity index is 998. The van der Waals surface area contributed by atoms with Crippen LogP contribution in [0.3, 0.4) is 0 Å². The van der Waals surface area contributed by atoms with Crippen LogP contribution in [0.25, 0.3) is 0 Å². The third-order valence-electron chi connectivity index (χ3n) is 5.87. The first-order valence-corrected chi connectivity index (χ1v) is 12.5. The second-order valence-electron chi connectivity index (χ2n) is 8.51. The second-order valence-corrected chi connectivity index (χ2v) is 9.98. The summed E-state index contributed by atoms with van der Waals surface area (Å²) in [5.74, 6) is -0.0384. The number of carbonyl (C=O) groups excluding carboxylic acids is 1. The van der Waals surface area contributed by atoms with E-state index in [-0.39, 0.29) is 5.91 Å². The molecule has 0 spiro atoms. The molecule has 0 bridgehead atoms. The van der Waals surface area contributed by atoms with E-state index in [2.05, 4.69) is 52.1 Å². The van der Waals surface area contributed by atoms with Crippen molar-refractivity contribution in [3.8, 4) is 0 Å². The summed E-state index contributed by atoms with van der Waals surface area (Å²) < 4.78 is 0. The average Bonchev–Trinajstić information content (AvgIpc) is 3.28. The summed E-state index contributed by atoms with van der Waals surface area (Å²) in [6.45, 7) is 4.37. The summed E-state index contributed by atoms with van der Waals surface area (Å²) in [7, 11) is 0. The number of benzene rings is 2. The maximum Gasteiger partial charge on any atom is 0.228 e. The topological polar surface area (TPSA) is 44.4 Å². The smallest absolute Gasteiger partial charge is 0.228 e. The standard InChI is InChI=1S/C26H30ClN3OS/c1-19(16-25-6-3-15-32-25)28-23-11-13-30(14-12-23)24-9-7-22(8-10-24)29-26(31)18-20-4-2-5-21(27)17-20/h2-10,15,17,19,23,28H,11-14,16,18H2,1H3,(H,29,31)/t19-/m1/s1. The van der Waals surface area contributed by atoms with Crippen LogP contribution in [0.4, 0.5) is 11.4 Å². The zero-order valence-electron chi connectivity index (χ0n) is 18.4. The first kappa shape index (κ1) is 22.8. The van der Waals surface area contributed by atoms with Crippen molar-refractivity contribution in [2.75, 3.05) is 23.3 Å². The fourth-order valence-electron chi connectivity index (χ4n) is 4.29. The van der Waals surface area contributed by atoms with Crippen LogP contribution >= 0.6 is 22.9 Å². The summed E-state index contributed by atoms with van der Waals surface area (Å²) >= 11 is 7.84. The van der Waals surface area contributed by atoms with Crippen molar-refractivity contribution in [2.45, 2.75) is 44.7 Å². The van der Waals surface area contributed by atoms with Gasteiger partial charge >= 0.3 is 0 Å². The van der Waals surface area contributed by atoms with Crippen LogP contribution < -0.4 is 15.5 Å². The number of piperidine rings is 1. The monoisotopic (exact) mass is 467 g/mol. The Morgan fingerprint density at radius 1 is 1.12 bits per heavy atom. The maximum atomic E-state index is 12.3. The fourth-order valence-corrected chi connectivity index (χ4v) is 5.34. The highest BCUT2D eigenvalue weighted by Crippen LogP contribution is 2.23. The summed E-state index contributed by atoms with van der Waals surface area (Å²) in [4.78, 5) is 16.2. The third kappa shape index (κ3) is 6.58. The van der Waals surface area contributed by atoms with Gasteiger partial charge in [0, 0.05) is 46.4 Å². The number of rotatable bonds is 8. The molecule has 168 valence electrons. The van der Waals surface area contributed by atoms with Gasteiger partial charge in [-0.25, -0.2) is 0 Å². The van der Waals surface area contributed by atoms with Crippen molar-refractivity contribution in [1.29, 1.82) is 0 Å². The highest BCUT2D eigenvalue weighted by atomic mass is 35.5. The molecular formula is C26H30ClN3OS. The Morgan fingerprint density at radius 2 is 1.91 bits per heavy atom. The highest BCUT2D eigenvalue weighted by molar-refractivity contribution is 7.09. The number of carbonyl (C=O) groups is 1. The Balaban J connectivity index is 1.22. The van der Waals surface area contributed by atoms with Crippen molar-refractivity contribution < 1.29 is 4.79 Å². The zero-order valence-corrected chi connectivity index (χ0v) is 20.0. The van der Waals surface area contributed by atoms with Crippen LogP contribution in [0.15, 0.2) is 66.0 Å². The van der Waals surface area contributed by atoms with Gasteiger partial charge in [0.15, 0.2) is 0 Å². The number of nitrogens with zero attached hydrogens (tertiary/aromatic N) is 1. The number of hydrogen-bond donors (Lipinski definition) is 2. The number of nitrogens with one attached hydrogen (secondary N) is 2. The highest BCUT2D eigenvalue weighted by Gasteiger charge is 2.21. The lowest BCUT2D eigenvalue weighted by Crippen LogP contribution is -2.46. The number of anilines is 2. The lowest BCUT2D eigenvalue weighted by molar-refractivity contribution is -0.115. The van der Waals surface area contributed by atoms with Gasteiger partial charge in [0.1, 0.15) is 0 Å². The molecule has 1 amide bonds. The quantitative estimate of drug-likeness (QED) is 0.441. The minimum atomic E-state index is -0.0384. The van der Waals surface area contributed by atoms with E-state index in [1.54, 1.807) is 0 Å². The molecule has 1 aliphatic rings. The van der Waals surface area contributed by atoms with Gasteiger partial charge in [-0.3, -0.25) is 4.79 Å². The van der Waals surface area contributed by atoms with Crippen LogP contribution in [-0.2, 0) is 17.6 Å². The van der Waals surface area contributed by atoms with E-state index in [9.17, 15) is 4.79 Å². The minimum absolute atomic E-state index is 0.0384. The molecule has 2 N–H and O–H groups in total. The average molecular weight is 468 g/mol. The maximum absolute atomic E-state index is 12.3. The van der Waals surface area contributed by atoms with E-state index in [4.69, 9.17) is 11.6 Å². The zero-order chi connectivity index (χ0) is 22.3. The molecule has 1 atom stereocenters. The van der Waals surface area contributed by atoms with Crippen LogP contribution in [0, 0.1) is 0 Å². The molecule has 0 radical (unpaired) electrons. The van der Waals surface area contributed by atoms with E-state index < -0.39 is 0 Å². The number of amides is 1. The van der Waals surface area contributed by atoms with Gasteiger partial charge in [-0.2, -0.15) is 0 Å². The second kappa shape index (κ2) is 11.0. The lowest BCUT2D eigenvalue weighted by Gasteiger charge is -2.35. The van der Waals surface area contributed by atoms with E-state index in [1.165, 1.54) is 10.6 Å². The molecule has 32 heavy (non-hydrogen) atoms. The first-order chi connectivity index (χ1) is 15.5. The van der Waals surface area contributed by atoms with Gasteiger partial charge in [-0.15, -0.1) is 11.3 Å². The minimum Gasteiger partial charge on any atom is -0.371 e. The predicted molar refractivity (Wildman–Crippen MR) is 136 cm³/mol. The molecule has 0 saturated carbocycles. The van der Waals surface area contributed by atoms with E-state index in [1.807, 2.05) is 47.7 Å². The molecule has 4 nitrogen and oxygen atoms in total. The molecule has 3 aromatic rings.